The highest BCUT2D eigenvalue weighted by Gasteiger charge is 2.28. The van der Waals surface area contributed by atoms with Gasteiger partial charge in [-0.1, -0.05) is 0 Å². The number of ketones is 1. The number of amides is 1. The number of nitrogens with zero attached hydrogens (tertiary/aromatic N) is 1. The summed E-state index contributed by atoms with van der Waals surface area (Å²) in [4.78, 5) is 37.3. The average Bonchev–Trinajstić information content (AvgIpc) is 2.68. The van der Waals surface area contributed by atoms with E-state index in [2.05, 4.69) is 5.32 Å². The summed E-state index contributed by atoms with van der Waals surface area (Å²) in [6, 6.07) is 8.74. The Balaban J connectivity index is 1.63. The number of alkyl carbamates (subject to hydrolysis) is 1. The number of ether oxygens (including phenoxy) is 2. The van der Waals surface area contributed by atoms with Gasteiger partial charge in [0.15, 0.2) is 5.78 Å². The number of hydrogen-bond donors (Lipinski definition) is 1. The molecule has 1 amide bonds. The summed E-state index contributed by atoms with van der Waals surface area (Å²) in [6.07, 6.45) is 2.38. The third-order valence-corrected chi connectivity index (χ3v) is 5.42. The Hall–Kier alpha value is -2.83. The molecule has 7 heteroatoms. The van der Waals surface area contributed by atoms with Gasteiger partial charge in [0.05, 0.1) is 19.2 Å². The minimum atomic E-state index is -0.536. The summed E-state index contributed by atoms with van der Waals surface area (Å²) < 4.78 is 12.1. The highest BCUT2D eigenvalue weighted by atomic mass is 16.6. The molecule has 1 aromatic carbocycles. The molecule has 1 saturated carbocycles. The summed E-state index contributed by atoms with van der Waals surface area (Å²) in [6.45, 7) is 5.52. The lowest BCUT2D eigenvalue weighted by atomic mass is 9.83. The number of Topliss-reactive ketones (excluding diaryl/α,β-unsaturated/α-hetero) is 1. The number of fused-ring (bicyclic) bond motifs is 1. The molecule has 0 saturated heterocycles. The van der Waals surface area contributed by atoms with Crippen LogP contribution < -0.4 is 15.6 Å². The van der Waals surface area contributed by atoms with Gasteiger partial charge in [-0.3, -0.25) is 9.59 Å². The number of rotatable bonds is 5. The molecular formula is C23H30N2O5. The fourth-order valence-electron chi connectivity index (χ4n) is 3.88. The third-order valence-electron chi connectivity index (χ3n) is 5.42. The molecule has 1 aliphatic rings. The molecule has 3 rings (SSSR count). The smallest absolute Gasteiger partial charge is 0.407 e. The topological polar surface area (TPSA) is 86.6 Å². The average molecular weight is 415 g/mol. The minimum Gasteiger partial charge on any atom is -0.497 e. The molecule has 0 spiro atoms. The van der Waals surface area contributed by atoms with Crippen LogP contribution in [0.1, 0.15) is 46.5 Å². The largest absolute Gasteiger partial charge is 0.497 e. The van der Waals surface area contributed by atoms with Gasteiger partial charge in [-0.05, 0) is 70.0 Å². The standard InChI is InChI=1S/C23H30N2O5/c1-23(2,3)30-22(28)24-17-9-5-16(6-10-17)20(26)14-25-19-13-18(29-4)11-7-15(19)8-12-21(25)27/h7-8,11-13,16-17H,5-6,9-10,14H2,1-4H3,(H,24,28)/t16-,17-. The Morgan fingerprint density at radius 1 is 1.10 bits per heavy atom. The van der Waals surface area contributed by atoms with Crippen molar-refractivity contribution in [1.29, 1.82) is 0 Å². The molecule has 2 aromatic rings. The zero-order valence-corrected chi connectivity index (χ0v) is 18.1. The molecule has 1 heterocycles. The van der Waals surface area contributed by atoms with Crippen LogP contribution in [0.2, 0.25) is 0 Å². The van der Waals surface area contributed by atoms with Crippen molar-refractivity contribution < 1.29 is 19.1 Å². The van der Waals surface area contributed by atoms with Crippen molar-refractivity contribution in [2.24, 2.45) is 5.92 Å². The van der Waals surface area contributed by atoms with E-state index in [-0.39, 0.29) is 29.8 Å². The van der Waals surface area contributed by atoms with E-state index < -0.39 is 11.7 Å². The Bertz CT molecular complexity index is 981. The number of methoxy groups -OCH3 is 1. The van der Waals surface area contributed by atoms with Gasteiger partial charge < -0.3 is 19.4 Å². The highest BCUT2D eigenvalue weighted by Crippen LogP contribution is 2.26. The van der Waals surface area contributed by atoms with Crippen LogP contribution in [0.4, 0.5) is 4.79 Å². The molecule has 1 aliphatic carbocycles. The molecule has 0 atom stereocenters. The molecule has 1 aromatic heterocycles. The fourth-order valence-corrected chi connectivity index (χ4v) is 3.88. The van der Waals surface area contributed by atoms with E-state index in [0.717, 1.165) is 5.39 Å². The van der Waals surface area contributed by atoms with Crippen LogP contribution in [0.3, 0.4) is 0 Å². The van der Waals surface area contributed by atoms with Crippen molar-refractivity contribution >= 4 is 22.8 Å². The summed E-state index contributed by atoms with van der Waals surface area (Å²) in [5, 5.41) is 3.77. The van der Waals surface area contributed by atoms with E-state index in [1.165, 1.54) is 10.6 Å². The summed E-state index contributed by atoms with van der Waals surface area (Å²) in [7, 11) is 1.57. The van der Waals surface area contributed by atoms with Gasteiger partial charge in [0.25, 0.3) is 5.56 Å². The first-order valence-corrected chi connectivity index (χ1v) is 10.4. The summed E-state index contributed by atoms with van der Waals surface area (Å²) in [5.41, 5.74) is -0.0501. The van der Waals surface area contributed by atoms with Crippen LogP contribution in [0.5, 0.6) is 5.75 Å². The number of nitrogens with one attached hydrogen (secondary N) is 1. The van der Waals surface area contributed by atoms with Crippen molar-refractivity contribution in [3.05, 3.63) is 40.7 Å². The molecule has 1 fully saturated rings. The molecule has 30 heavy (non-hydrogen) atoms. The van der Waals surface area contributed by atoms with Gasteiger partial charge in [0, 0.05) is 24.1 Å². The van der Waals surface area contributed by atoms with E-state index in [4.69, 9.17) is 9.47 Å². The number of carbonyl (C=O) groups is 2. The first kappa shape index (κ1) is 21.9. The molecule has 0 unspecified atom stereocenters. The Kier molecular flexibility index (Phi) is 6.48. The Morgan fingerprint density at radius 3 is 2.40 bits per heavy atom. The van der Waals surface area contributed by atoms with Crippen molar-refractivity contribution in [3.8, 4) is 5.75 Å². The van der Waals surface area contributed by atoms with E-state index in [0.29, 0.717) is 36.9 Å². The lowest BCUT2D eigenvalue weighted by molar-refractivity contribution is -0.124. The van der Waals surface area contributed by atoms with Gasteiger partial charge in [-0.2, -0.15) is 0 Å². The van der Waals surface area contributed by atoms with Gasteiger partial charge >= 0.3 is 6.09 Å². The number of aromatic nitrogens is 1. The molecular weight excluding hydrogens is 384 g/mol. The molecule has 1 N–H and O–H groups in total. The molecule has 0 bridgehead atoms. The van der Waals surface area contributed by atoms with Crippen LogP contribution >= 0.6 is 0 Å². The first-order chi connectivity index (χ1) is 14.2. The fraction of sp³-hybridized carbons (Fsp3) is 0.522. The Labute approximate surface area is 176 Å². The van der Waals surface area contributed by atoms with Crippen LogP contribution in [-0.2, 0) is 16.1 Å². The maximum atomic E-state index is 12.9. The number of hydrogen-bond acceptors (Lipinski definition) is 5. The van der Waals surface area contributed by atoms with Crippen molar-refractivity contribution in [2.45, 2.75) is 64.6 Å². The quantitative estimate of drug-likeness (QED) is 0.807. The van der Waals surface area contributed by atoms with Crippen molar-refractivity contribution in [1.82, 2.24) is 9.88 Å². The van der Waals surface area contributed by atoms with Gasteiger partial charge in [0.1, 0.15) is 11.4 Å². The van der Waals surface area contributed by atoms with E-state index >= 15 is 0 Å². The molecule has 0 radical (unpaired) electrons. The monoisotopic (exact) mass is 414 g/mol. The van der Waals surface area contributed by atoms with Gasteiger partial charge in [0.2, 0.25) is 0 Å². The second kappa shape index (κ2) is 8.90. The lowest BCUT2D eigenvalue weighted by Gasteiger charge is -2.29. The predicted octanol–water partition coefficient (Wildman–Crippen LogP) is 3.66. The second-order valence-electron chi connectivity index (χ2n) is 8.84. The summed E-state index contributed by atoms with van der Waals surface area (Å²) in [5.74, 6) is 0.570. The minimum absolute atomic E-state index is 0.00781. The van der Waals surface area contributed by atoms with E-state index in [1.807, 2.05) is 32.9 Å². The number of pyridine rings is 1. The normalized spacial score (nSPS) is 19.3. The highest BCUT2D eigenvalue weighted by molar-refractivity contribution is 5.85. The maximum Gasteiger partial charge on any atom is 0.407 e. The summed E-state index contributed by atoms with van der Waals surface area (Å²) >= 11 is 0. The lowest BCUT2D eigenvalue weighted by Crippen LogP contribution is -2.42. The number of benzene rings is 1. The molecule has 7 nitrogen and oxygen atoms in total. The van der Waals surface area contributed by atoms with Crippen LogP contribution in [-0.4, -0.2) is 35.2 Å². The molecule has 162 valence electrons. The van der Waals surface area contributed by atoms with Crippen LogP contribution in [0.15, 0.2) is 35.1 Å². The zero-order valence-electron chi connectivity index (χ0n) is 18.1. The number of carbonyl (C=O) groups excluding carboxylic acids is 2. The second-order valence-corrected chi connectivity index (χ2v) is 8.84. The van der Waals surface area contributed by atoms with Crippen molar-refractivity contribution in [2.75, 3.05) is 7.11 Å². The van der Waals surface area contributed by atoms with Crippen LogP contribution in [0.25, 0.3) is 10.9 Å². The van der Waals surface area contributed by atoms with Crippen LogP contribution in [0, 0.1) is 5.92 Å². The predicted molar refractivity (Wildman–Crippen MR) is 115 cm³/mol. The maximum absolute atomic E-state index is 12.9. The molecule has 0 aliphatic heterocycles. The SMILES string of the molecule is COc1ccc2ccc(=O)n(CC(=O)[C@H]3CC[C@H](NC(=O)OC(C)(C)C)CC3)c2c1. The zero-order chi connectivity index (χ0) is 21.9. The third kappa shape index (κ3) is 5.40. The Morgan fingerprint density at radius 2 is 1.77 bits per heavy atom. The van der Waals surface area contributed by atoms with Crippen molar-refractivity contribution in [3.63, 3.8) is 0 Å². The van der Waals surface area contributed by atoms with E-state index in [1.54, 1.807) is 19.2 Å². The first-order valence-electron chi connectivity index (χ1n) is 10.4. The van der Waals surface area contributed by atoms with Gasteiger partial charge in [-0.25, -0.2) is 4.79 Å². The van der Waals surface area contributed by atoms with E-state index in [9.17, 15) is 14.4 Å². The van der Waals surface area contributed by atoms with Gasteiger partial charge in [-0.15, -0.1) is 0 Å².